The molecule has 0 amide bonds. The molecule has 0 bridgehead atoms. The van der Waals surface area contributed by atoms with Crippen LogP contribution in [0.15, 0.2) is 24.4 Å². The molecule has 1 rings (SSSR count). The zero-order chi connectivity index (χ0) is 9.68. The molecular weight excluding hydrogens is 186 g/mol. The molecule has 0 saturated heterocycles. The number of aryl methyl sites for hydroxylation is 1. The highest BCUT2D eigenvalue weighted by molar-refractivity contribution is 6.30. The van der Waals surface area contributed by atoms with Gasteiger partial charge in [-0.1, -0.05) is 23.8 Å². The van der Waals surface area contributed by atoms with Crippen LogP contribution in [0.1, 0.15) is 12.5 Å². The highest BCUT2D eigenvalue weighted by atomic mass is 35.5. The van der Waals surface area contributed by atoms with Crippen LogP contribution >= 0.6 is 11.6 Å². The van der Waals surface area contributed by atoms with E-state index in [2.05, 4.69) is 4.98 Å². The molecule has 13 heavy (non-hydrogen) atoms. The summed E-state index contributed by atoms with van der Waals surface area (Å²) in [6.45, 7) is 4.42. The van der Waals surface area contributed by atoms with E-state index in [1.165, 1.54) is 0 Å². The molecule has 1 heterocycles. The lowest BCUT2D eigenvalue weighted by atomic mass is 10.3. The van der Waals surface area contributed by atoms with Crippen molar-refractivity contribution in [2.24, 2.45) is 0 Å². The largest absolute Gasteiger partial charge is 0.486 e. The summed E-state index contributed by atoms with van der Waals surface area (Å²) in [6.07, 6.45) is 5.52. The number of aromatic nitrogens is 1. The average Bonchev–Trinajstić information content (AvgIpc) is 2.10. The van der Waals surface area contributed by atoms with Crippen LogP contribution in [0.25, 0.3) is 0 Å². The van der Waals surface area contributed by atoms with Crippen molar-refractivity contribution < 1.29 is 4.74 Å². The molecule has 0 aromatic carbocycles. The summed E-state index contributed by atoms with van der Waals surface area (Å²) in [5.74, 6) is 0.669. The van der Waals surface area contributed by atoms with Gasteiger partial charge < -0.3 is 4.74 Å². The third-order valence-corrected chi connectivity index (χ3v) is 1.89. The Kier molecular flexibility index (Phi) is 3.77. The number of hydrogen-bond donors (Lipinski definition) is 0. The highest BCUT2D eigenvalue weighted by Crippen LogP contribution is 2.25. The molecule has 0 fully saturated rings. The fourth-order valence-corrected chi connectivity index (χ4v) is 1.17. The van der Waals surface area contributed by atoms with Gasteiger partial charge in [0, 0.05) is 6.20 Å². The van der Waals surface area contributed by atoms with Crippen molar-refractivity contribution in [2.75, 3.05) is 6.61 Å². The molecule has 2 nitrogen and oxygen atoms in total. The molecular formula is C10H12ClNO. The predicted octanol–water partition coefficient (Wildman–Crippen LogP) is 3.00. The second kappa shape index (κ2) is 4.87. The Hall–Kier alpha value is -1.02. The zero-order valence-electron chi connectivity index (χ0n) is 7.75. The predicted molar refractivity (Wildman–Crippen MR) is 54.3 cm³/mol. The summed E-state index contributed by atoms with van der Waals surface area (Å²) in [5, 5.41) is 0.421. The highest BCUT2D eigenvalue weighted by Gasteiger charge is 2.04. The lowest BCUT2D eigenvalue weighted by Crippen LogP contribution is -1.97. The lowest BCUT2D eigenvalue weighted by Gasteiger charge is -2.07. The van der Waals surface area contributed by atoms with Crippen molar-refractivity contribution in [3.63, 3.8) is 0 Å². The molecule has 0 aliphatic rings. The minimum Gasteiger partial charge on any atom is -0.486 e. The first kappa shape index (κ1) is 10.1. The maximum atomic E-state index is 5.85. The van der Waals surface area contributed by atoms with Crippen LogP contribution in [0, 0.1) is 6.92 Å². The van der Waals surface area contributed by atoms with Crippen molar-refractivity contribution in [3.05, 3.63) is 35.1 Å². The normalized spacial score (nSPS) is 10.7. The van der Waals surface area contributed by atoms with Gasteiger partial charge in [-0.05, 0) is 25.5 Å². The van der Waals surface area contributed by atoms with Crippen LogP contribution in [-0.2, 0) is 0 Å². The summed E-state index contributed by atoms with van der Waals surface area (Å²) in [5.41, 5.74) is 1.00. The average molecular weight is 198 g/mol. The van der Waals surface area contributed by atoms with Gasteiger partial charge in [0.25, 0.3) is 0 Å². The lowest BCUT2D eigenvalue weighted by molar-refractivity contribution is 0.359. The van der Waals surface area contributed by atoms with E-state index in [-0.39, 0.29) is 0 Å². The zero-order valence-corrected chi connectivity index (χ0v) is 8.51. The number of rotatable bonds is 3. The van der Waals surface area contributed by atoms with E-state index in [4.69, 9.17) is 16.3 Å². The molecule has 0 aliphatic heterocycles. The molecule has 0 aliphatic carbocycles. The van der Waals surface area contributed by atoms with Gasteiger partial charge in [-0.15, -0.1) is 0 Å². The van der Waals surface area contributed by atoms with Gasteiger partial charge in [0.1, 0.15) is 6.61 Å². The van der Waals surface area contributed by atoms with Crippen molar-refractivity contribution in [1.29, 1.82) is 0 Å². The van der Waals surface area contributed by atoms with E-state index < -0.39 is 0 Å². The van der Waals surface area contributed by atoms with Crippen molar-refractivity contribution in [1.82, 2.24) is 4.98 Å². The third kappa shape index (κ3) is 2.74. The van der Waals surface area contributed by atoms with E-state index in [1.807, 2.05) is 32.1 Å². The smallest absolute Gasteiger partial charge is 0.171 e. The molecule has 1 aromatic rings. The summed E-state index contributed by atoms with van der Waals surface area (Å²) >= 11 is 5.85. The van der Waals surface area contributed by atoms with Crippen LogP contribution in [0.3, 0.4) is 0 Å². The molecule has 70 valence electrons. The monoisotopic (exact) mass is 197 g/mol. The van der Waals surface area contributed by atoms with Gasteiger partial charge >= 0.3 is 0 Å². The van der Waals surface area contributed by atoms with Gasteiger partial charge in [0.2, 0.25) is 0 Å². The van der Waals surface area contributed by atoms with Gasteiger partial charge in [-0.25, -0.2) is 4.98 Å². The van der Waals surface area contributed by atoms with Crippen LogP contribution in [0.2, 0.25) is 5.15 Å². The second-order valence-corrected chi connectivity index (χ2v) is 2.99. The molecule has 0 radical (unpaired) electrons. The number of halogens is 1. The Bertz CT molecular complexity index is 290. The maximum Gasteiger partial charge on any atom is 0.171 e. The van der Waals surface area contributed by atoms with Gasteiger partial charge in [0.05, 0.1) is 0 Å². The standard InChI is InChI=1S/C10H12ClNO/c1-3-4-7-13-9-8(2)5-6-12-10(9)11/h3-6H,7H2,1-2H3/b4-3+. The first-order valence-corrected chi connectivity index (χ1v) is 4.48. The van der Waals surface area contributed by atoms with Crippen LogP contribution in [-0.4, -0.2) is 11.6 Å². The van der Waals surface area contributed by atoms with Gasteiger partial charge in [0.15, 0.2) is 10.9 Å². The number of hydrogen-bond acceptors (Lipinski definition) is 2. The Morgan fingerprint density at radius 1 is 1.62 bits per heavy atom. The van der Waals surface area contributed by atoms with Crippen LogP contribution < -0.4 is 4.74 Å². The molecule has 3 heteroatoms. The third-order valence-electron chi connectivity index (χ3n) is 1.62. The summed E-state index contributed by atoms with van der Waals surface area (Å²) in [7, 11) is 0. The summed E-state index contributed by atoms with van der Waals surface area (Å²) in [6, 6.07) is 1.87. The SMILES string of the molecule is C/C=C/COc1c(C)ccnc1Cl. The Labute approximate surface area is 83.2 Å². The van der Waals surface area contributed by atoms with E-state index in [1.54, 1.807) is 6.20 Å². The summed E-state index contributed by atoms with van der Waals surface area (Å²) < 4.78 is 5.43. The Morgan fingerprint density at radius 2 is 2.38 bits per heavy atom. The van der Waals surface area contributed by atoms with Gasteiger partial charge in [-0.2, -0.15) is 0 Å². The van der Waals surface area contributed by atoms with Crippen molar-refractivity contribution in [3.8, 4) is 5.75 Å². The quantitative estimate of drug-likeness (QED) is 0.549. The molecule has 0 unspecified atom stereocenters. The molecule has 0 spiro atoms. The second-order valence-electron chi connectivity index (χ2n) is 2.63. The van der Waals surface area contributed by atoms with Crippen molar-refractivity contribution in [2.45, 2.75) is 13.8 Å². The first-order chi connectivity index (χ1) is 6.25. The van der Waals surface area contributed by atoms with Crippen LogP contribution in [0.4, 0.5) is 0 Å². The Morgan fingerprint density at radius 3 is 3.00 bits per heavy atom. The number of allylic oxidation sites excluding steroid dienone is 1. The van der Waals surface area contributed by atoms with E-state index in [0.717, 1.165) is 5.56 Å². The molecule has 1 aromatic heterocycles. The van der Waals surface area contributed by atoms with Gasteiger partial charge in [-0.3, -0.25) is 0 Å². The topological polar surface area (TPSA) is 22.1 Å². The number of pyridine rings is 1. The fraction of sp³-hybridized carbons (Fsp3) is 0.300. The minimum absolute atomic E-state index is 0.421. The molecule has 0 N–H and O–H groups in total. The van der Waals surface area contributed by atoms with Crippen molar-refractivity contribution >= 4 is 11.6 Å². The first-order valence-electron chi connectivity index (χ1n) is 4.10. The molecule has 0 atom stereocenters. The maximum absolute atomic E-state index is 5.85. The molecule has 0 saturated carbocycles. The van der Waals surface area contributed by atoms with E-state index >= 15 is 0 Å². The Balaban J connectivity index is 2.75. The summed E-state index contributed by atoms with van der Waals surface area (Å²) in [4.78, 5) is 3.94. The number of nitrogens with zero attached hydrogens (tertiary/aromatic N) is 1. The fourth-order valence-electron chi connectivity index (χ4n) is 0.913. The number of ether oxygens (including phenoxy) is 1. The van der Waals surface area contributed by atoms with E-state index in [0.29, 0.717) is 17.5 Å². The van der Waals surface area contributed by atoms with E-state index in [9.17, 15) is 0 Å². The van der Waals surface area contributed by atoms with Crippen LogP contribution in [0.5, 0.6) is 5.75 Å². The minimum atomic E-state index is 0.421.